The smallest absolute Gasteiger partial charge is 0.137 e. The van der Waals surface area contributed by atoms with Gasteiger partial charge in [0.2, 0.25) is 0 Å². The first-order valence-electron chi connectivity index (χ1n) is 5.92. The molecule has 94 valence electrons. The number of fused-ring (bicyclic) bond motifs is 1. The quantitative estimate of drug-likeness (QED) is 0.623. The molecule has 0 amide bonds. The number of aromatic nitrogens is 2. The first-order valence-corrected chi connectivity index (χ1v) is 6.44. The summed E-state index contributed by atoms with van der Waals surface area (Å²) >= 11 is 4.10. The number of nitrogens with one attached hydrogen (secondary N) is 1. The number of hydrogen-bond acceptors (Lipinski definition) is 3. The molecular weight excluding hydrogens is 254 g/mol. The lowest BCUT2D eigenvalue weighted by molar-refractivity contribution is 1.32. The molecule has 0 aliphatic carbocycles. The molecule has 3 rings (SSSR count). The van der Waals surface area contributed by atoms with Crippen molar-refractivity contribution in [3.8, 4) is 11.1 Å². The van der Waals surface area contributed by atoms with Crippen molar-refractivity contribution in [2.45, 2.75) is 0 Å². The molecule has 0 atom stereocenters. The second kappa shape index (κ2) is 4.82. The van der Waals surface area contributed by atoms with Crippen LogP contribution in [0.1, 0.15) is 5.56 Å². The summed E-state index contributed by atoms with van der Waals surface area (Å²) in [5.41, 5.74) is 10.5. The molecule has 0 saturated carbocycles. The average Bonchev–Trinajstić information content (AvgIpc) is 2.90. The van der Waals surface area contributed by atoms with Gasteiger partial charge in [0.15, 0.2) is 0 Å². The van der Waals surface area contributed by atoms with Gasteiger partial charge < -0.3 is 10.7 Å². The minimum absolute atomic E-state index is 0.626. The van der Waals surface area contributed by atoms with Gasteiger partial charge in [-0.2, -0.15) is 0 Å². The lowest BCUT2D eigenvalue weighted by Gasteiger charge is -2.02. The predicted octanol–water partition coefficient (Wildman–Crippen LogP) is 3.42. The van der Waals surface area contributed by atoms with Crippen LogP contribution in [-0.2, 0) is 0 Å². The minimum atomic E-state index is 0.626. The van der Waals surface area contributed by atoms with Crippen LogP contribution < -0.4 is 5.73 Å². The maximum Gasteiger partial charge on any atom is 0.137 e. The Labute approximate surface area is 116 Å². The van der Waals surface area contributed by atoms with E-state index in [0.29, 0.717) is 5.70 Å². The number of nitrogens with two attached hydrogens (primary N) is 1. The van der Waals surface area contributed by atoms with E-state index in [2.05, 4.69) is 40.8 Å². The third kappa shape index (κ3) is 2.11. The molecule has 19 heavy (non-hydrogen) atoms. The van der Waals surface area contributed by atoms with Gasteiger partial charge in [-0.1, -0.05) is 30.3 Å². The van der Waals surface area contributed by atoms with E-state index in [4.69, 9.17) is 5.73 Å². The number of benzene rings is 1. The SMILES string of the molecule is N/C(=C\S)c1c[nH]c2ncc(-c3ccccc3)cc12. The molecule has 4 heteroatoms. The van der Waals surface area contributed by atoms with Gasteiger partial charge in [0, 0.05) is 34.6 Å². The summed E-state index contributed by atoms with van der Waals surface area (Å²) in [6, 6.07) is 12.2. The van der Waals surface area contributed by atoms with Crippen LogP contribution in [0.15, 0.2) is 54.2 Å². The normalized spacial score (nSPS) is 11.9. The summed E-state index contributed by atoms with van der Waals surface area (Å²) in [6.45, 7) is 0. The highest BCUT2D eigenvalue weighted by Gasteiger charge is 2.08. The molecule has 0 radical (unpaired) electrons. The number of thiol groups is 1. The van der Waals surface area contributed by atoms with E-state index >= 15 is 0 Å². The zero-order chi connectivity index (χ0) is 13.2. The Bertz CT molecular complexity index is 744. The molecule has 3 aromatic rings. The molecule has 1 aromatic carbocycles. The number of hydrogen-bond donors (Lipinski definition) is 3. The van der Waals surface area contributed by atoms with E-state index in [1.165, 1.54) is 0 Å². The lowest BCUT2D eigenvalue weighted by atomic mass is 10.1. The van der Waals surface area contributed by atoms with Crippen molar-refractivity contribution in [3.05, 3.63) is 59.8 Å². The van der Waals surface area contributed by atoms with E-state index in [9.17, 15) is 0 Å². The molecule has 0 saturated heterocycles. The molecule has 2 aromatic heterocycles. The topological polar surface area (TPSA) is 54.7 Å². The summed E-state index contributed by atoms with van der Waals surface area (Å²) in [7, 11) is 0. The molecular formula is C15H13N3S. The first-order chi connectivity index (χ1) is 9.29. The highest BCUT2D eigenvalue weighted by Crippen LogP contribution is 2.26. The Hall–Kier alpha value is -2.20. The summed E-state index contributed by atoms with van der Waals surface area (Å²) in [4.78, 5) is 7.55. The Morgan fingerprint density at radius 1 is 1.21 bits per heavy atom. The Morgan fingerprint density at radius 2 is 2.00 bits per heavy atom. The minimum Gasteiger partial charge on any atom is -0.398 e. The molecule has 0 aliphatic heterocycles. The first kappa shape index (κ1) is 11.9. The van der Waals surface area contributed by atoms with Gasteiger partial charge in [0.1, 0.15) is 5.65 Å². The van der Waals surface area contributed by atoms with Crippen LogP contribution in [0.25, 0.3) is 27.9 Å². The summed E-state index contributed by atoms with van der Waals surface area (Å²) in [5.74, 6) is 0. The highest BCUT2D eigenvalue weighted by atomic mass is 32.1. The molecule has 0 bridgehead atoms. The van der Waals surface area contributed by atoms with Gasteiger partial charge in [-0.25, -0.2) is 4.98 Å². The highest BCUT2D eigenvalue weighted by molar-refractivity contribution is 7.83. The summed E-state index contributed by atoms with van der Waals surface area (Å²) in [5, 5.41) is 2.60. The van der Waals surface area contributed by atoms with Crippen molar-refractivity contribution in [2.24, 2.45) is 5.73 Å². The van der Waals surface area contributed by atoms with Crippen molar-refractivity contribution in [2.75, 3.05) is 0 Å². The van der Waals surface area contributed by atoms with E-state index in [1.807, 2.05) is 30.6 Å². The largest absolute Gasteiger partial charge is 0.398 e. The standard InChI is InChI=1S/C15H13N3S/c16-14(9-19)13-8-18-15-12(13)6-11(7-17-15)10-4-2-1-3-5-10/h1-9,19H,16H2,(H,17,18)/b14-9-. The van der Waals surface area contributed by atoms with E-state index in [0.717, 1.165) is 27.7 Å². The van der Waals surface area contributed by atoms with Gasteiger partial charge in [-0.05, 0) is 17.0 Å². The van der Waals surface area contributed by atoms with Crippen molar-refractivity contribution in [1.29, 1.82) is 0 Å². The van der Waals surface area contributed by atoms with Crippen LogP contribution in [0.5, 0.6) is 0 Å². The number of pyridine rings is 1. The third-order valence-corrected chi connectivity index (χ3v) is 3.37. The zero-order valence-electron chi connectivity index (χ0n) is 10.2. The average molecular weight is 267 g/mol. The molecule has 0 fully saturated rings. The van der Waals surface area contributed by atoms with Crippen molar-refractivity contribution in [1.82, 2.24) is 9.97 Å². The predicted molar refractivity (Wildman–Crippen MR) is 82.7 cm³/mol. The Balaban J connectivity index is 2.20. The van der Waals surface area contributed by atoms with Gasteiger partial charge in [0.25, 0.3) is 0 Å². The number of aromatic amines is 1. The summed E-state index contributed by atoms with van der Waals surface area (Å²) in [6.07, 6.45) is 3.72. The second-order valence-electron chi connectivity index (χ2n) is 4.27. The van der Waals surface area contributed by atoms with Crippen LogP contribution in [0, 0.1) is 0 Å². The number of H-pyrrole nitrogens is 1. The third-order valence-electron chi connectivity index (χ3n) is 3.09. The molecule has 0 spiro atoms. The Morgan fingerprint density at radius 3 is 2.74 bits per heavy atom. The van der Waals surface area contributed by atoms with E-state index < -0.39 is 0 Å². The van der Waals surface area contributed by atoms with Gasteiger partial charge in [-0.15, -0.1) is 12.6 Å². The molecule has 3 nitrogen and oxygen atoms in total. The molecule has 2 heterocycles. The number of rotatable bonds is 2. The van der Waals surface area contributed by atoms with Gasteiger partial charge in [-0.3, -0.25) is 0 Å². The molecule has 3 N–H and O–H groups in total. The van der Waals surface area contributed by atoms with E-state index in [1.54, 1.807) is 5.41 Å². The van der Waals surface area contributed by atoms with Gasteiger partial charge >= 0.3 is 0 Å². The van der Waals surface area contributed by atoms with Crippen LogP contribution in [0.4, 0.5) is 0 Å². The van der Waals surface area contributed by atoms with Crippen LogP contribution in [0.2, 0.25) is 0 Å². The second-order valence-corrected chi connectivity index (χ2v) is 4.53. The summed E-state index contributed by atoms with van der Waals surface area (Å²) < 4.78 is 0. The maximum absolute atomic E-state index is 5.93. The molecule has 0 unspecified atom stereocenters. The molecule has 0 aliphatic rings. The zero-order valence-corrected chi connectivity index (χ0v) is 11.1. The fraction of sp³-hybridized carbons (Fsp3) is 0. The van der Waals surface area contributed by atoms with Crippen LogP contribution in [0.3, 0.4) is 0 Å². The van der Waals surface area contributed by atoms with E-state index in [-0.39, 0.29) is 0 Å². The van der Waals surface area contributed by atoms with Crippen molar-refractivity contribution < 1.29 is 0 Å². The maximum atomic E-state index is 5.93. The fourth-order valence-electron chi connectivity index (χ4n) is 2.10. The van der Waals surface area contributed by atoms with Crippen LogP contribution >= 0.6 is 12.6 Å². The lowest BCUT2D eigenvalue weighted by Crippen LogP contribution is -1.93. The van der Waals surface area contributed by atoms with Crippen molar-refractivity contribution >= 4 is 29.4 Å². The van der Waals surface area contributed by atoms with Crippen molar-refractivity contribution in [3.63, 3.8) is 0 Å². The van der Waals surface area contributed by atoms with Crippen LogP contribution in [-0.4, -0.2) is 9.97 Å². The monoisotopic (exact) mass is 267 g/mol. The van der Waals surface area contributed by atoms with Gasteiger partial charge in [0.05, 0.1) is 0 Å². The Kier molecular flexibility index (Phi) is 3.01. The number of nitrogens with zero attached hydrogens (tertiary/aromatic N) is 1. The fourth-order valence-corrected chi connectivity index (χ4v) is 2.24.